The third-order valence-electron chi connectivity index (χ3n) is 5.60. The van der Waals surface area contributed by atoms with Gasteiger partial charge < -0.3 is 24.4 Å². The van der Waals surface area contributed by atoms with Crippen LogP contribution in [0.5, 0.6) is 11.5 Å². The Balaban J connectivity index is 2.03. The van der Waals surface area contributed by atoms with Crippen molar-refractivity contribution in [3.05, 3.63) is 65.2 Å². The lowest BCUT2D eigenvalue weighted by molar-refractivity contribution is -0.858. The second-order valence-corrected chi connectivity index (χ2v) is 8.98. The van der Waals surface area contributed by atoms with Gasteiger partial charge in [-0.25, -0.2) is 0 Å². The van der Waals surface area contributed by atoms with E-state index in [4.69, 9.17) is 9.47 Å². The summed E-state index contributed by atoms with van der Waals surface area (Å²) in [5, 5.41) is 13.5. The normalized spacial score (nSPS) is 17.6. The SMILES string of the molecule is CCOc1ccc(/C([O-])=C2\C(=O)C(=O)N(CCC[NH+](C)C)C2c2ccc(OC(C)C)cc2)cc1. The summed E-state index contributed by atoms with van der Waals surface area (Å²) in [6, 6.07) is 13.2. The molecular formula is C27H34N2O5. The van der Waals surface area contributed by atoms with Crippen LogP contribution in [-0.2, 0) is 9.59 Å². The lowest BCUT2D eigenvalue weighted by atomic mass is 9.95. The minimum atomic E-state index is -0.733. The number of quaternary nitrogens is 1. The number of nitrogens with one attached hydrogen (secondary N) is 1. The van der Waals surface area contributed by atoms with Gasteiger partial charge in [-0.2, -0.15) is 0 Å². The van der Waals surface area contributed by atoms with Gasteiger partial charge in [0.15, 0.2) is 0 Å². The van der Waals surface area contributed by atoms with Crippen LogP contribution in [0.1, 0.15) is 44.4 Å². The van der Waals surface area contributed by atoms with E-state index >= 15 is 0 Å². The monoisotopic (exact) mass is 466 g/mol. The van der Waals surface area contributed by atoms with Crippen molar-refractivity contribution in [3.8, 4) is 11.5 Å². The summed E-state index contributed by atoms with van der Waals surface area (Å²) in [7, 11) is 4.07. The number of carbonyl (C=O) groups is 2. The van der Waals surface area contributed by atoms with E-state index in [9.17, 15) is 14.7 Å². The summed E-state index contributed by atoms with van der Waals surface area (Å²) >= 11 is 0. The molecule has 1 N–H and O–H groups in total. The summed E-state index contributed by atoms with van der Waals surface area (Å²) in [4.78, 5) is 28.9. The van der Waals surface area contributed by atoms with Gasteiger partial charge in [-0.1, -0.05) is 30.0 Å². The smallest absolute Gasteiger partial charge is 0.295 e. The number of Topliss-reactive ketones (excluding diaryl/α,β-unsaturated/α-hetero) is 1. The summed E-state index contributed by atoms with van der Waals surface area (Å²) in [6.07, 6.45) is 0.741. The quantitative estimate of drug-likeness (QED) is 0.327. The Bertz CT molecular complexity index is 1030. The summed E-state index contributed by atoms with van der Waals surface area (Å²) in [5.41, 5.74) is 1.05. The number of amides is 1. The van der Waals surface area contributed by atoms with E-state index < -0.39 is 23.5 Å². The van der Waals surface area contributed by atoms with E-state index in [1.165, 1.54) is 9.80 Å². The van der Waals surface area contributed by atoms with Crippen molar-refractivity contribution < 1.29 is 29.1 Å². The van der Waals surface area contributed by atoms with E-state index in [-0.39, 0.29) is 11.7 Å². The number of rotatable bonds is 10. The molecule has 34 heavy (non-hydrogen) atoms. The fraction of sp³-hybridized carbons (Fsp3) is 0.407. The molecule has 2 aromatic carbocycles. The third-order valence-corrected chi connectivity index (χ3v) is 5.60. The molecule has 182 valence electrons. The molecule has 1 unspecified atom stereocenters. The average Bonchev–Trinajstić information content (AvgIpc) is 3.04. The molecule has 0 spiro atoms. The van der Waals surface area contributed by atoms with Crippen LogP contribution in [-0.4, -0.2) is 56.5 Å². The number of nitrogens with zero attached hydrogens (tertiary/aromatic N) is 1. The number of likely N-dealkylation sites (tertiary alicyclic amines) is 1. The highest BCUT2D eigenvalue weighted by molar-refractivity contribution is 6.46. The average molecular weight is 467 g/mol. The predicted octanol–water partition coefficient (Wildman–Crippen LogP) is 1.63. The number of benzene rings is 2. The summed E-state index contributed by atoms with van der Waals surface area (Å²) in [5.74, 6) is -0.465. The highest BCUT2D eigenvalue weighted by Crippen LogP contribution is 2.39. The fourth-order valence-corrected chi connectivity index (χ4v) is 4.08. The third kappa shape index (κ3) is 5.78. The predicted molar refractivity (Wildman–Crippen MR) is 128 cm³/mol. The molecule has 1 heterocycles. The first-order valence-electron chi connectivity index (χ1n) is 11.8. The molecule has 2 aromatic rings. The molecule has 0 bridgehead atoms. The van der Waals surface area contributed by atoms with Crippen LogP contribution < -0.4 is 19.5 Å². The zero-order valence-corrected chi connectivity index (χ0v) is 20.6. The molecule has 7 nitrogen and oxygen atoms in total. The second kappa shape index (κ2) is 11.2. The van der Waals surface area contributed by atoms with E-state index in [1.807, 2.05) is 59.1 Å². The van der Waals surface area contributed by atoms with Crippen LogP contribution in [0, 0.1) is 0 Å². The Kier molecular flexibility index (Phi) is 8.34. The minimum Gasteiger partial charge on any atom is -0.872 e. The highest BCUT2D eigenvalue weighted by Gasteiger charge is 2.43. The fourth-order valence-electron chi connectivity index (χ4n) is 4.08. The molecule has 1 amide bonds. The Morgan fingerprint density at radius 2 is 1.65 bits per heavy atom. The van der Waals surface area contributed by atoms with Crippen LogP contribution in [0.15, 0.2) is 54.1 Å². The first-order chi connectivity index (χ1) is 16.2. The first-order valence-corrected chi connectivity index (χ1v) is 11.8. The number of hydrogen-bond acceptors (Lipinski definition) is 5. The largest absolute Gasteiger partial charge is 0.872 e. The molecule has 1 fully saturated rings. The van der Waals surface area contributed by atoms with Gasteiger partial charge in [-0.15, -0.1) is 0 Å². The van der Waals surface area contributed by atoms with Crippen LogP contribution in [0.25, 0.3) is 5.76 Å². The van der Waals surface area contributed by atoms with Crippen molar-refractivity contribution in [2.45, 2.75) is 39.3 Å². The van der Waals surface area contributed by atoms with Crippen molar-refractivity contribution >= 4 is 17.4 Å². The maximum Gasteiger partial charge on any atom is 0.295 e. The maximum atomic E-state index is 13.5. The van der Waals surface area contributed by atoms with E-state index in [0.717, 1.165) is 13.0 Å². The Hall–Kier alpha value is -3.32. The Labute approximate surface area is 201 Å². The number of ether oxygens (including phenoxy) is 2. The minimum absolute atomic E-state index is 0.0103. The van der Waals surface area contributed by atoms with Crippen molar-refractivity contribution in [1.29, 1.82) is 0 Å². The van der Waals surface area contributed by atoms with Gasteiger partial charge in [-0.3, -0.25) is 9.59 Å². The maximum absolute atomic E-state index is 13.5. The van der Waals surface area contributed by atoms with Crippen molar-refractivity contribution in [3.63, 3.8) is 0 Å². The summed E-state index contributed by atoms with van der Waals surface area (Å²) < 4.78 is 11.2. The molecule has 1 atom stereocenters. The second-order valence-electron chi connectivity index (χ2n) is 8.98. The Morgan fingerprint density at radius 1 is 1.03 bits per heavy atom. The molecule has 0 saturated carbocycles. The number of hydrogen-bond donors (Lipinski definition) is 1. The van der Waals surface area contributed by atoms with Gasteiger partial charge in [0.25, 0.3) is 5.91 Å². The van der Waals surface area contributed by atoms with E-state index in [1.54, 1.807) is 24.3 Å². The molecular weight excluding hydrogens is 432 g/mol. The van der Waals surface area contributed by atoms with Crippen LogP contribution in [0.4, 0.5) is 0 Å². The van der Waals surface area contributed by atoms with E-state index in [0.29, 0.717) is 35.8 Å². The Morgan fingerprint density at radius 3 is 2.21 bits per heavy atom. The molecule has 0 aliphatic carbocycles. The first kappa shape index (κ1) is 25.3. The standard InChI is InChI=1S/C27H34N2O5/c1-6-33-21-12-10-20(11-13-21)25(30)23-24(19-8-14-22(15-9-19)34-18(2)3)29(27(32)26(23)31)17-7-16-28(4)5/h8-15,18,24,30H,6-7,16-17H2,1-5H3/b25-23+. The molecule has 0 radical (unpaired) electrons. The highest BCUT2D eigenvalue weighted by atomic mass is 16.5. The van der Waals surface area contributed by atoms with Gasteiger partial charge >= 0.3 is 0 Å². The van der Waals surface area contributed by atoms with Crippen LogP contribution in [0.3, 0.4) is 0 Å². The van der Waals surface area contributed by atoms with Gasteiger partial charge in [-0.05, 0) is 56.2 Å². The zero-order valence-electron chi connectivity index (χ0n) is 20.6. The van der Waals surface area contributed by atoms with Gasteiger partial charge in [0.1, 0.15) is 11.5 Å². The topological polar surface area (TPSA) is 83.3 Å². The number of ketones is 1. The number of carbonyl (C=O) groups excluding carboxylic acids is 2. The lowest BCUT2D eigenvalue weighted by Gasteiger charge is -2.28. The summed E-state index contributed by atoms with van der Waals surface area (Å²) in [6.45, 7) is 7.51. The molecule has 0 aromatic heterocycles. The van der Waals surface area contributed by atoms with Crippen molar-refractivity contribution in [1.82, 2.24) is 4.90 Å². The molecule has 1 aliphatic rings. The zero-order chi connectivity index (χ0) is 24.8. The van der Waals surface area contributed by atoms with Crippen LogP contribution in [0.2, 0.25) is 0 Å². The molecule has 1 saturated heterocycles. The van der Waals surface area contributed by atoms with Gasteiger partial charge in [0.05, 0.1) is 39.4 Å². The van der Waals surface area contributed by atoms with Crippen LogP contribution >= 0.6 is 0 Å². The lowest BCUT2D eigenvalue weighted by Crippen LogP contribution is -3.05. The molecule has 7 heteroatoms. The van der Waals surface area contributed by atoms with Gasteiger partial charge in [0.2, 0.25) is 5.78 Å². The molecule has 3 rings (SSSR count). The van der Waals surface area contributed by atoms with Gasteiger partial charge in [0, 0.05) is 18.5 Å². The van der Waals surface area contributed by atoms with Crippen molar-refractivity contribution in [2.75, 3.05) is 33.8 Å². The van der Waals surface area contributed by atoms with Crippen molar-refractivity contribution in [2.24, 2.45) is 0 Å². The molecule has 1 aliphatic heterocycles. The van der Waals surface area contributed by atoms with E-state index in [2.05, 4.69) is 0 Å².